The number of rotatable bonds is 3. The van der Waals surface area contributed by atoms with Crippen molar-refractivity contribution in [3.8, 4) is 0 Å². The van der Waals surface area contributed by atoms with E-state index in [1.807, 2.05) is 6.92 Å². The van der Waals surface area contributed by atoms with E-state index in [1.165, 1.54) is 0 Å². The molecule has 0 unspecified atom stereocenters. The van der Waals surface area contributed by atoms with Crippen molar-refractivity contribution < 1.29 is 9.53 Å². The Labute approximate surface area is 67.1 Å². The summed E-state index contributed by atoms with van der Waals surface area (Å²) in [6.45, 7) is 1.86. The molecule has 1 amide bonds. The predicted molar refractivity (Wildman–Crippen MR) is 42.3 cm³/mol. The van der Waals surface area contributed by atoms with Crippen molar-refractivity contribution in [2.45, 2.75) is 38.3 Å². The van der Waals surface area contributed by atoms with Gasteiger partial charge in [0.2, 0.25) is 5.91 Å². The van der Waals surface area contributed by atoms with Gasteiger partial charge >= 0.3 is 0 Å². The first-order valence-corrected chi connectivity index (χ1v) is 4.10. The first-order valence-electron chi connectivity index (χ1n) is 4.10. The van der Waals surface area contributed by atoms with E-state index in [0.29, 0.717) is 6.42 Å². The van der Waals surface area contributed by atoms with Crippen LogP contribution in [0.2, 0.25) is 0 Å². The first-order chi connectivity index (χ1) is 5.27. The summed E-state index contributed by atoms with van der Waals surface area (Å²) in [6, 6.07) is 0.271. The summed E-state index contributed by atoms with van der Waals surface area (Å²) in [5, 5.41) is 2.90. The second kappa shape index (κ2) is 3.72. The van der Waals surface area contributed by atoms with Crippen LogP contribution >= 0.6 is 0 Å². The molecule has 3 heteroatoms. The van der Waals surface area contributed by atoms with E-state index in [9.17, 15) is 4.79 Å². The third-order valence-corrected chi connectivity index (χ3v) is 2.18. The van der Waals surface area contributed by atoms with E-state index in [2.05, 4.69) is 5.32 Å². The molecule has 1 saturated carbocycles. The Morgan fingerprint density at radius 3 is 2.73 bits per heavy atom. The van der Waals surface area contributed by atoms with E-state index in [1.54, 1.807) is 7.11 Å². The molecule has 0 heterocycles. The maximum absolute atomic E-state index is 10.9. The number of amides is 1. The van der Waals surface area contributed by atoms with Gasteiger partial charge in [-0.25, -0.2) is 0 Å². The van der Waals surface area contributed by atoms with E-state index in [4.69, 9.17) is 4.74 Å². The summed E-state index contributed by atoms with van der Waals surface area (Å²) >= 11 is 0. The SMILES string of the molecule is CCC(=O)N[C@@H]1CC[C@H]1OC. The Morgan fingerprint density at radius 2 is 2.36 bits per heavy atom. The molecule has 1 aliphatic rings. The highest BCUT2D eigenvalue weighted by molar-refractivity contribution is 5.76. The standard InChI is InChI=1S/C8H15NO2/c1-3-8(10)9-6-4-5-7(6)11-2/h6-7H,3-5H2,1-2H3,(H,9,10)/t6-,7-/m1/s1. The van der Waals surface area contributed by atoms with Gasteiger partial charge in [-0.3, -0.25) is 4.79 Å². The van der Waals surface area contributed by atoms with E-state index < -0.39 is 0 Å². The van der Waals surface area contributed by atoms with Crippen LogP contribution in [0.5, 0.6) is 0 Å². The third-order valence-electron chi connectivity index (χ3n) is 2.18. The van der Waals surface area contributed by atoms with Crippen molar-refractivity contribution in [1.82, 2.24) is 5.32 Å². The molecule has 0 aromatic rings. The number of nitrogens with one attached hydrogen (secondary N) is 1. The van der Waals surface area contributed by atoms with Crippen LogP contribution in [-0.2, 0) is 9.53 Å². The van der Waals surface area contributed by atoms with Crippen molar-refractivity contribution in [3.63, 3.8) is 0 Å². The van der Waals surface area contributed by atoms with Crippen LogP contribution in [0.25, 0.3) is 0 Å². The van der Waals surface area contributed by atoms with Crippen LogP contribution in [0.1, 0.15) is 26.2 Å². The van der Waals surface area contributed by atoms with Crippen LogP contribution < -0.4 is 5.32 Å². The minimum atomic E-state index is 0.122. The zero-order chi connectivity index (χ0) is 8.27. The molecule has 1 rings (SSSR count). The van der Waals surface area contributed by atoms with Gasteiger partial charge in [0.15, 0.2) is 0 Å². The average molecular weight is 157 g/mol. The molecule has 0 bridgehead atoms. The summed E-state index contributed by atoms with van der Waals surface area (Å²) in [7, 11) is 1.69. The van der Waals surface area contributed by atoms with Gasteiger partial charge < -0.3 is 10.1 Å². The quantitative estimate of drug-likeness (QED) is 0.654. The lowest BCUT2D eigenvalue weighted by Gasteiger charge is -2.35. The first kappa shape index (κ1) is 8.53. The fourth-order valence-corrected chi connectivity index (χ4v) is 1.23. The van der Waals surface area contributed by atoms with Gasteiger partial charge in [0.05, 0.1) is 12.1 Å². The van der Waals surface area contributed by atoms with Crippen molar-refractivity contribution in [3.05, 3.63) is 0 Å². The monoisotopic (exact) mass is 157 g/mol. The van der Waals surface area contributed by atoms with E-state index in [-0.39, 0.29) is 18.1 Å². The molecular formula is C8H15NO2. The molecule has 64 valence electrons. The molecule has 1 fully saturated rings. The Morgan fingerprint density at radius 1 is 1.64 bits per heavy atom. The van der Waals surface area contributed by atoms with Crippen molar-refractivity contribution in [2.75, 3.05) is 7.11 Å². The van der Waals surface area contributed by atoms with E-state index >= 15 is 0 Å². The molecule has 1 aliphatic carbocycles. The van der Waals surface area contributed by atoms with Gasteiger partial charge in [-0.1, -0.05) is 6.92 Å². The van der Waals surface area contributed by atoms with Crippen LogP contribution in [0, 0.1) is 0 Å². The predicted octanol–water partition coefficient (Wildman–Crippen LogP) is 0.690. The van der Waals surface area contributed by atoms with Crippen LogP contribution in [0.3, 0.4) is 0 Å². The van der Waals surface area contributed by atoms with Crippen LogP contribution in [-0.4, -0.2) is 25.2 Å². The Bertz CT molecular complexity index is 145. The second-order valence-corrected chi connectivity index (χ2v) is 2.88. The summed E-state index contributed by atoms with van der Waals surface area (Å²) in [4.78, 5) is 10.9. The summed E-state index contributed by atoms with van der Waals surface area (Å²) in [5.74, 6) is 0.122. The molecule has 0 spiro atoms. The summed E-state index contributed by atoms with van der Waals surface area (Å²) in [6.07, 6.45) is 2.95. The second-order valence-electron chi connectivity index (χ2n) is 2.88. The Kier molecular flexibility index (Phi) is 2.88. The normalized spacial score (nSPS) is 29.3. The fourth-order valence-electron chi connectivity index (χ4n) is 1.23. The van der Waals surface area contributed by atoms with Crippen LogP contribution in [0.15, 0.2) is 0 Å². The van der Waals surface area contributed by atoms with Gasteiger partial charge in [-0.05, 0) is 12.8 Å². The minimum absolute atomic E-state index is 0.122. The molecule has 0 aliphatic heterocycles. The molecule has 0 radical (unpaired) electrons. The van der Waals surface area contributed by atoms with Crippen molar-refractivity contribution in [2.24, 2.45) is 0 Å². The van der Waals surface area contributed by atoms with Gasteiger partial charge in [0, 0.05) is 13.5 Å². The highest BCUT2D eigenvalue weighted by Crippen LogP contribution is 2.22. The Balaban J connectivity index is 2.21. The lowest BCUT2D eigenvalue weighted by atomic mass is 9.89. The summed E-state index contributed by atoms with van der Waals surface area (Å²) in [5.41, 5.74) is 0. The smallest absolute Gasteiger partial charge is 0.220 e. The van der Waals surface area contributed by atoms with Gasteiger partial charge in [-0.15, -0.1) is 0 Å². The zero-order valence-electron chi connectivity index (χ0n) is 7.09. The van der Waals surface area contributed by atoms with E-state index in [0.717, 1.165) is 12.8 Å². The average Bonchev–Trinajstić information content (AvgIpc) is 1.98. The molecule has 0 saturated heterocycles. The Hall–Kier alpha value is -0.570. The maximum Gasteiger partial charge on any atom is 0.220 e. The maximum atomic E-state index is 10.9. The molecule has 2 atom stereocenters. The molecule has 1 N–H and O–H groups in total. The fraction of sp³-hybridized carbons (Fsp3) is 0.875. The number of carbonyl (C=O) groups excluding carboxylic acids is 1. The molecule has 0 aromatic carbocycles. The number of carbonyl (C=O) groups is 1. The lowest BCUT2D eigenvalue weighted by Crippen LogP contribution is -2.50. The number of methoxy groups -OCH3 is 1. The van der Waals surface area contributed by atoms with Gasteiger partial charge in [-0.2, -0.15) is 0 Å². The molecule has 11 heavy (non-hydrogen) atoms. The molecule has 3 nitrogen and oxygen atoms in total. The highest BCUT2D eigenvalue weighted by atomic mass is 16.5. The molecule has 0 aromatic heterocycles. The highest BCUT2D eigenvalue weighted by Gasteiger charge is 2.31. The van der Waals surface area contributed by atoms with Crippen molar-refractivity contribution >= 4 is 5.91 Å². The number of hydrogen-bond acceptors (Lipinski definition) is 2. The van der Waals surface area contributed by atoms with Crippen LogP contribution in [0.4, 0.5) is 0 Å². The number of hydrogen-bond donors (Lipinski definition) is 1. The van der Waals surface area contributed by atoms with Gasteiger partial charge in [0.25, 0.3) is 0 Å². The van der Waals surface area contributed by atoms with Crippen molar-refractivity contribution in [1.29, 1.82) is 0 Å². The topological polar surface area (TPSA) is 38.3 Å². The minimum Gasteiger partial charge on any atom is -0.379 e. The largest absolute Gasteiger partial charge is 0.379 e. The number of ether oxygens (including phenoxy) is 1. The zero-order valence-corrected chi connectivity index (χ0v) is 7.09. The third kappa shape index (κ3) is 1.93. The van der Waals surface area contributed by atoms with Gasteiger partial charge in [0.1, 0.15) is 0 Å². The lowest BCUT2D eigenvalue weighted by molar-refractivity contribution is -0.124. The molecular weight excluding hydrogens is 142 g/mol. The summed E-state index contributed by atoms with van der Waals surface area (Å²) < 4.78 is 5.13.